The highest BCUT2D eigenvalue weighted by molar-refractivity contribution is 7.99. The highest BCUT2D eigenvalue weighted by atomic mass is 32.2. The van der Waals surface area contributed by atoms with Crippen molar-refractivity contribution in [2.24, 2.45) is 0 Å². The van der Waals surface area contributed by atoms with Crippen LogP contribution in [-0.4, -0.2) is 31.1 Å². The average molecular weight is 397 g/mol. The number of hydrogen-bond acceptors (Lipinski definition) is 5. The molecule has 3 rings (SSSR count). The lowest BCUT2D eigenvalue weighted by molar-refractivity contribution is -0.120. The Morgan fingerprint density at radius 3 is 2.71 bits per heavy atom. The van der Waals surface area contributed by atoms with Crippen LogP contribution in [-0.2, 0) is 11.2 Å². The maximum Gasteiger partial charge on any atom is 0.231 e. The zero-order valence-electron chi connectivity index (χ0n) is 16.0. The molecule has 6 heteroatoms. The Hall–Kier alpha value is -2.78. The molecule has 0 aromatic heterocycles. The van der Waals surface area contributed by atoms with Gasteiger partial charge < -0.3 is 19.5 Å². The fourth-order valence-corrected chi connectivity index (χ4v) is 3.39. The molecule has 1 amide bonds. The van der Waals surface area contributed by atoms with Gasteiger partial charge in [-0.1, -0.05) is 37.8 Å². The van der Waals surface area contributed by atoms with Gasteiger partial charge in [-0.05, 0) is 29.8 Å². The Labute approximate surface area is 169 Å². The minimum absolute atomic E-state index is 0.0461. The zero-order valence-corrected chi connectivity index (χ0v) is 16.8. The summed E-state index contributed by atoms with van der Waals surface area (Å²) in [5, 5.41) is 3.34. The summed E-state index contributed by atoms with van der Waals surface area (Å²) in [4.78, 5) is 13.2. The lowest BCUT2D eigenvalue weighted by Gasteiger charge is -2.06. The summed E-state index contributed by atoms with van der Waals surface area (Å²) >= 11 is 1.81. The molecule has 1 aliphatic heterocycles. The number of nitrogens with one attached hydrogen (secondary N) is 1. The van der Waals surface area contributed by atoms with Crippen LogP contribution in [0.5, 0.6) is 17.2 Å². The highest BCUT2D eigenvalue weighted by Gasteiger charge is 2.13. The van der Waals surface area contributed by atoms with Gasteiger partial charge in [0.15, 0.2) is 11.5 Å². The molecule has 28 heavy (non-hydrogen) atoms. The molecule has 0 aliphatic carbocycles. The lowest BCUT2D eigenvalue weighted by atomic mass is 10.1. The third-order valence-electron chi connectivity index (χ3n) is 3.81. The number of hydrogen-bond donors (Lipinski definition) is 1. The Balaban J connectivity index is 1.35. The molecule has 0 saturated heterocycles. The van der Waals surface area contributed by atoms with Gasteiger partial charge in [0.2, 0.25) is 12.7 Å². The van der Waals surface area contributed by atoms with Crippen molar-refractivity contribution < 1.29 is 19.0 Å². The molecule has 0 fully saturated rings. The van der Waals surface area contributed by atoms with Gasteiger partial charge >= 0.3 is 0 Å². The summed E-state index contributed by atoms with van der Waals surface area (Å²) in [5.74, 6) is 7.79. The van der Waals surface area contributed by atoms with Crippen LogP contribution in [0.2, 0.25) is 0 Å². The molecule has 1 heterocycles. The summed E-state index contributed by atoms with van der Waals surface area (Å²) in [6, 6.07) is 13.5. The molecule has 0 bridgehead atoms. The second-order valence-corrected chi connectivity index (χ2v) is 8.07. The highest BCUT2D eigenvalue weighted by Crippen LogP contribution is 2.34. The Bertz CT molecular complexity index is 868. The van der Waals surface area contributed by atoms with Crippen LogP contribution in [0.15, 0.2) is 47.4 Å². The third kappa shape index (κ3) is 6.14. The van der Waals surface area contributed by atoms with Crippen LogP contribution in [0.3, 0.4) is 0 Å². The second kappa shape index (κ2) is 9.95. The van der Waals surface area contributed by atoms with E-state index in [1.165, 1.54) is 4.90 Å². The summed E-state index contributed by atoms with van der Waals surface area (Å²) in [6.45, 7) is 5.09. The Kier molecular flexibility index (Phi) is 7.10. The van der Waals surface area contributed by atoms with E-state index in [9.17, 15) is 4.79 Å². The van der Waals surface area contributed by atoms with Crippen molar-refractivity contribution in [3.63, 3.8) is 0 Å². The van der Waals surface area contributed by atoms with Crippen LogP contribution in [0, 0.1) is 11.8 Å². The van der Waals surface area contributed by atoms with Crippen molar-refractivity contribution in [3.8, 4) is 29.1 Å². The van der Waals surface area contributed by atoms with Gasteiger partial charge in [0.05, 0.1) is 13.0 Å². The average Bonchev–Trinajstić information content (AvgIpc) is 3.13. The predicted molar refractivity (Wildman–Crippen MR) is 110 cm³/mol. The molecule has 5 nitrogen and oxygen atoms in total. The van der Waals surface area contributed by atoms with E-state index in [2.05, 4.69) is 43.1 Å². The maximum absolute atomic E-state index is 12.0. The number of carbonyl (C=O) groups is 1. The summed E-state index contributed by atoms with van der Waals surface area (Å²) in [6.07, 6.45) is 0.349. The topological polar surface area (TPSA) is 56.8 Å². The molecule has 0 unspecified atom stereocenters. The number of amides is 1. The van der Waals surface area contributed by atoms with Gasteiger partial charge in [0.25, 0.3) is 0 Å². The van der Waals surface area contributed by atoms with Gasteiger partial charge in [-0.3, -0.25) is 4.79 Å². The van der Waals surface area contributed by atoms with E-state index in [1.807, 2.05) is 30.0 Å². The fraction of sp³-hybridized carbons (Fsp3) is 0.318. The molecule has 2 aromatic rings. The van der Waals surface area contributed by atoms with Crippen molar-refractivity contribution in [3.05, 3.63) is 48.0 Å². The number of fused-ring (bicyclic) bond motifs is 1. The molecule has 146 valence electrons. The second-order valence-electron chi connectivity index (χ2n) is 6.42. The van der Waals surface area contributed by atoms with Crippen molar-refractivity contribution >= 4 is 17.7 Å². The van der Waals surface area contributed by atoms with Gasteiger partial charge in [-0.2, -0.15) is 0 Å². The molecule has 1 aliphatic rings. The predicted octanol–water partition coefficient (Wildman–Crippen LogP) is 3.66. The van der Waals surface area contributed by atoms with Crippen LogP contribution >= 0.6 is 11.8 Å². The standard InChI is InChI=1S/C22H23NO4S/c1-16(2)28-19-8-5-17(6-9-19)13-22(24)23-11-3-4-12-25-18-7-10-20-21(14-18)27-15-26-20/h5-10,14,16H,11-13,15H2,1-2H3,(H,23,24). The van der Waals surface area contributed by atoms with Crippen LogP contribution in [0.4, 0.5) is 0 Å². The SMILES string of the molecule is CC(C)Sc1ccc(CC(=O)NCC#CCOc2ccc3c(c2)OCO3)cc1. The van der Waals surface area contributed by atoms with Crippen molar-refractivity contribution in [1.82, 2.24) is 5.32 Å². The Morgan fingerprint density at radius 2 is 1.93 bits per heavy atom. The van der Waals surface area contributed by atoms with E-state index < -0.39 is 0 Å². The van der Waals surface area contributed by atoms with E-state index in [0.717, 1.165) is 11.3 Å². The molecular formula is C22H23NO4S. The molecule has 0 atom stereocenters. The number of carbonyl (C=O) groups excluding carboxylic acids is 1. The first-order valence-electron chi connectivity index (χ1n) is 9.10. The first kappa shape index (κ1) is 20.0. The van der Waals surface area contributed by atoms with E-state index >= 15 is 0 Å². The van der Waals surface area contributed by atoms with E-state index in [1.54, 1.807) is 12.1 Å². The number of thioether (sulfide) groups is 1. The van der Waals surface area contributed by atoms with E-state index in [0.29, 0.717) is 29.7 Å². The van der Waals surface area contributed by atoms with E-state index in [4.69, 9.17) is 14.2 Å². The summed E-state index contributed by atoms with van der Waals surface area (Å²) in [7, 11) is 0. The van der Waals surface area contributed by atoms with Crippen LogP contribution < -0.4 is 19.5 Å². The maximum atomic E-state index is 12.0. The minimum atomic E-state index is -0.0461. The molecule has 0 spiro atoms. The van der Waals surface area contributed by atoms with Crippen molar-refractivity contribution in [1.29, 1.82) is 0 Å². The van der Waals surface area contributed by atoms with Gasteiger partial charge in [-0.15, -0.1) is 11.8 Å². The smallest absolute Gasteiger partial charge is 0.231 e. The monoisotopic (exact) mass is 397 g/mol. The fourth-order valence-electron chi connectivity index (χ4n) is 2.55. The first-order valence-corrected chi connectivity index (χ1v) is 9.98. The number of benzene rings is 2. The molecule has 0 saturated carbocycles. The largest absolute Gasteiger partial charge is 0.481 e. The quantitative estimate of drug-likeness (QED) is 0.571. The molecule has 1 N–H and O–H groups in total. The summed E-state index contributed by atoms with van der Waals surface area (Å²) in [5.41, 5.74) is 0.990. The number of ether oxygens (including phenoxy) is 3. The molecular weight excluding hydrogens is 374 g/mol. The minimum Gasteiger partial charge on any atom is -0.481 e. The molecule has 2 aromatic carbocycles. The van der Waals surface area contributed by atoms with Gasteiger partial charge in [0.1, 0.15) is 12.4 Å². The van der Waals surface area contributed by atoms with Gasteiger partial charge in [-0.25, -0.2) is 0 Å². The number of rotatable bonds is 7. The Morgan fingerprint density at radius 1 is 1.14 bits per heavy atom. The third-order valence-corrected chi connectivity index (χ3v) is 4.83. The molecule has 0 radical (unpaired) electrons. The normalized spacial score (nSPS) is 11.7. The van der Waals surface area contributed by atoms with Gasteiger partial charge in [0, 0.05) is 16.2 Å². The van der Waals surface area contributed by atoms with Crippen LogP contribution in [0.25, 0.3) is 0 Å². The summed E-state index contributed by atoms with van der Waals surface area (Å²) < 4.78 is 16.1. The van der Waals surface area contributed by atoms with E-state index in [-0.39, 0.29) is 19.3 Å². The first-order chi connectivity index (χ1) is 13.6. The van der Waals surface area contributed by atoms with Crippen molar-refractivity contribution in [2.45, 2.75) is 30.4 Å². The van der Waals surface area contributed by atoms with Crippen molar-refractivity contribution in [2.75, 3.05) is 19.9 Å². The lowest BCUT2D eigenvalue weighted by Crippen LogP contribution is -2.25. The van der Waals surface area contributed by atoms with Crippen LogP contribution in [0.1, 0.15) is 19.4 Å². The zero-order chi connectivity index (χ0) is 19.8.